The Labute approximate surface area is 189 Å². The minimum atomic E-state index is -3.25. The van der Waals surface area contributed by atoms with Gasteiger partial charge in [-0.05, 0) is 51.7 Å². The number of ether oxygens (including phenoxy) is 2. The van der Waals surface area contributed by atoms with Gasteiger partial charge in [0.2, 0.25) is 0 Å². The number of carbonyl (C=O) groups is 2. The van der Waals surface area contributed by atoms with Crippen LogP contribution in [0.1, 0.15) is 45.0 Å². The predicted molar refractivity (Wildman–Crippen MR) is 114 cm³/mol. The van der Waals surface area contributed by atoms with E-state index in [1.807, 2.05) is 0 Å². The molecule has 0 spiro atoms. The average Bonchev–Trinajstić information content (AvgIpc) is 3.40. The van der Waals surface area contributed by atoms with E-state index in [-0.39, 0.29) is 31.0 Å². The number of amides is 1. The van der Waals surface area contributed by atoms with Crippen LogP contribution in [0, 0.1) is 5.92 Å². The van der Waals surface area contributed by atoms with E-state index in [0.29, 0.717) is 17.6 Å². The van der Waals surface area contributed by atoms with Crippen molar-refractivity contribution in [2.45, 2.75) is 63.7 Å². The first-order chi connectivity index (χ1) is 15.4. The Hall–Kier alpha value is -2.88. The molecule has 1 aromatic heterocycles. The van der Waals surface area contributed by atoms with Crippen LogP contribution in [0.15, 0.2) is 24.3 Å². The van der Waals surface area contributed by atoms with Crippen LogP contribution in [-0.2, 0) is 26.6 Å². The quantitative estimate of drug-likeness (QED) is 0.650. The minimum Gasteiger partial charge on any atom is -0.480 e. The Kier molecular flexibility index (Phi) is 5.98. The van der Waals surface area contributed by atoms with E-state index in [1.54, 1.807) is 45.0 Å². The van der Waals surface area contributed by atoms with E-state index in [4.69, 9.17) is 9.47 Å². The van der Waals surface area contributed by atoms with E-state index in [1.165, 1.54) is 0 Å². The van der Waals surface area contributed by atoms with Crippen molar-refractivity contribution in [3.8, 4) is 0 Å². The second-order valence-corrected chi connectivity index (χ2v) is 9.66. The van der Waals surface area contributed by atoms with E-state index in [9.17, 15) is 14.7 Å². The second-order valence-electron chi connectivity index (χ2n) is 9.66. The lowest BCUT2D eigenvalue weighted by atomic mass is 9.96. The molecule has 0 saturated carbocycles. The summed E-state index contributed by atoms with van der Waals surface area (Å²) in [6.45, 7) is 5.43. The molecule has 3 heterocycles. The summed E-state index contributed by atoms with van der Waals surface area (Å²) in [5.74, 6) is -4.80. The second kappa shape index (κ2) is 8.48. The third-order valence-corrected chi connectivity index (χ3v) is 5.66. The summed E-state index contributed by atoms with van der Waals surface area (Å²) in [5.41, 5.74) is -0.259. The Bertz CT molecular complexity index is 1070. The van der Waals surface area contributed by atoms with Gasteiger partial charge in [-0.2, -0.15) is 8.78 Å². The van der Waals surface area contributed by atoms with Crippen LogP contribution in [0.5, 0.6) is 0 Å². The van der Waals surface area contributed by atoms with E-state index in [0.717, 1.165) is 4.90 Å². The maximum atomic E-state index is 15.1. The van der Waals surface area contributed by atoms with Gasteiger partial charge >= 0.3 is 12.1 Å². The van der Waals surface area contributed by atoms with Crippen molar-refractivity contribution in [3.05, 3.63) is 35.7 Å². The van der Waals surface area contributed by atoms with Crippen LogP contribution in [-0.4, -0.2) is 62.9 Å². The van der Waals surface area contributed by atoms with Gasteiger partial charge in [-0.1, -0.05) is 12.1 Å². The number of epoxide rings is 1. The minimum absolute atomic E-state index is 0.0666. The third kappa shape index (κ3) is 5.38. The number of benzene rings is 1. The zero-order valence-electron chi connectivity index (χ0n) is 18.8. The molecule has 4 rings (SSSR count). The number of halogens is 2. The van der Waals surface area contributed by atoms with E-state index in [2.05, 4.69) is 9.97 Å². The van der Waals surface area contributed by atoms with Gasteiger partial charge in [0.15, 0.2) is 0 Å². The fourth-order valence-electron chi connectivity index (χ4n) is 4.14. The van der Waals surface area contributed by atoms with E-state index < -0.39 is 47.8 Å². The van der Waals surface area contributed by atoms with Crippen molar-refractivity contribution in [3.63, 3.8) is 0 Å². The van der Waals surface area contributed by atoms with Crippen molar-refractivity contribution in [1.29, 1.82) is 0 Å². The van der Waals surface area contributed by atoms with Gasteiger partial charge in [0.05, 0.1) is 29.4 Å². The van der Waals surface area contributed by atoms with Crippen molar-refractivity contribution in [1.82, 2.24) is 14.9 Å². The maximum absolute atomic E-state index is 15.1. The molecule has 1 unspecified atom stereocenters. The molecule has 1 N–H and O–H groups in total. The predicted octanol–water partition coefficient (Wildman–Crippen LogP) is 3.76. The Morgan fingerprint density at radius 1 is 1.21 bits per heavy atom. The number of hydrogen-bond acceptors (Lipinski definition) is 6. The molecule has 0 bridgehead atoms. The zero-order chi connectivity index (χ0) is 24.0. The molecule has 178 valence electrons. The summed E-state index contributed by atoms with van der Waals surface area (Å²) in [6.07, 6.45) is -1.55. The van der Waals surface area contributed by atoms with Gasteiger partial charge in [0.25, 0.3) is 5.92 Å². The van der Waals surface area contributed by atoms with Crippen LogP contribution in [0.3, 0.4) is 0 Å². The molecular formula is C23H27F2N3O5. The number of hydrogen-bond donors (Lipinski definition) is 1. The van der Waals surface area contributed by atoms with Crippen LogP contribution in [0.4, 0.5) is 13.6 Å². The normalized spacial score (nSPS) is 23.1. The number of fused-ring (bicyclic) bond motifs is 1. The topological polar surface area (TPSA) is 105 Å². The highest BCUT2D eigenvalue weighted by Crippen LogP contribution is 2.39. The third-order valence-electron chi connectivity index (χ3n) is 5.66. The monoisotopic (exact) mass is 463 g/mol. The number of alkyl halides is 2. The number of nitrogens with zero attached hydrogens (tertiary/aromatic N) is 3. The molecule has 1 amide bonds. The molecule has 2 aliphatic rings. The van der Waals surface area contributed by atoms with Crippen molar-refractivity contribution < 1.29 is 33.0 Å². The number of rotatable bonds is 6. The fraction of sp³-hybridized carbons (Fsp3) is 0.565. The Morgan fingerprint density at radius 2 is 1.85 bits per heavy atom. The molecule has 33 heavy (non-hydrogen) atoms. The lowest BCUT2D eigenvalue weighted by molar-refractivity contribution is -0.142. The standard InChI is InChI=1S/C23H27F2N3O5/c1-22(2,3)33-21(31)28-11-13(9-18(28)20(29)30)8-17-19(23(24,25)10-14-12-32-14)27-16-7-5-4-6-15(16)26-17/h4-7,13-14,18H,8-12H2,1-3H3,(H,29,30)/t13-,14?,18+/m1/s1. The van der Waals surface area contributed by atoms with Gasteiger partial charge in [0, 0.05) is 13.0 Å². The largest absolute Gasteiger partial charge is 0.480 e. The zero-order valence-corrected chi connectivity index (χ0v) is 18.8. The number of likely N-dealkylation sites (tertiary alicyclic amines) is 1. The number of carboxylic acid groups (broad SMARTS) is 1. The summed E-state index contributed by atoms with van der Waals surface area (Å²) < 4.78 is 40.6. The molecule has 10 heteroatoms. The molecular weight excluding hydrogens is 436 g/mol. The highest BCUT2D eigenvalue weighted by Gasteiger charge is 2.45. The van der Waals surface area contributed by atoms with Crippen LogP contribution in [0.2, 0.25) is 0 Å². The first-order valence-corrected chi connectivity index (χ1v) is 10.9. The summed E-state index contributed by atoms with van der Waals surface area (Å²) in [5, 5.41) is 9.63. The highest BCUT2D eigenvalue weighted by molar-refractivity contribution is 5.81. The van der Waals surface area contributed by atoms with E-state index >= 15 is 8.78 Å². The maximum Gasteiger partial charge on any atom is 0.411 e. The molecule has 3 atom stereocenters. The fourth-order valence-corrected chi connectivity index (χ4v) is 4.14. The van der Waals surface area contributed by atoms with Gasteiger partial charge in [-0.15, -0.1) is 0 Å². The van der Waals surface area contributed by atoms with Crippen molar-refractivity contribution in [2.75, 3.05) is 13.2 Å². The van der Waals surface area contributed by atoms with Gasteiger partial charge in [0.1, 0.15) is 17.3 Å². The number of carboxylic acids is 1. The van der Waals surface area contributed by atoms with Crippen molar-refractivity contribution in [2.24, 2.45) is 5.92 Å². The molecule has 2 aromatic rings. The molecule has 1 aromatic carbocycles. The number of aromatic nitrogens is 2. The summed E-state index contributed by atoms with van der Waals surface area (Å²) in [6, 6.07) is 5.67. The van der Waals surface area contributed by atoms with Gasteiger partial charge in [-0.3, -0.25) is 4.90 Å². The lowest BCUT2D eigenvalue weighted by Gasteiger charge is -2.26. The molecule has 2 saturated heterocycles. The first-order valence-electron chi connectivity index (χ1n) is 10.9. The van der Waals surface area contributed by atoms with Crippen LogP contribution >= 0.6 is 0 Å². The Morgan fingerprint density at radius 3 is 2.42 bits per heavy atom. The molecule has 0 aliphatic carbocycles. The van der Waals surface area contributed by atoms with Gasteiger partial charge < -0.3 is 14.6 Å². The summed E-state index contributed by atoms with van der Waals surface area (Å²) in [7, 11) is 0. The SMILES string of the molecule is CC(C)(C)OC(=O)N1C[C@H](Cc2nc3ccccc3nc2C(F)(F)CC2CO2)C[C@H]1C(=O)O. The first kappa shape index (κ1) is 23.3. The number of aliphatic carboxylic acids is 1. The molecule has 8 nitrogen and oxygen atoms in total. The molecule has 2 fully saturated rings. The highest BCUT2D eigenvalue weighted by atomic mass is 19.3. The Balaban J connectivity index is 1.63. The number of para-hydroxylation sites is 2. The van der Waals surface area contributed by atoms with Gasteiger partial charge in [-0.25, -0.2) is 19.6 Å². The number of carbonyl (C=O) groups excluding carboxylic acids is 1. The molecule has 0 radical (unpaired) electrons. The van der Waals surface area contributed by atoms with Crippen LogP contribution < -0.4 is 0 Å². The summed E-state index contributed by atoms with van der Waals surface area (Å²) in [4.78, 5) is 34.2. The summed E-state index contributed by atoms with van der Waals surface area (Å²) >= 11 is 0. The smallest absolute Gasteiger partial charge is 0.411 e. The molecule has 2 aliphatic heterocycles. The lowest BCUT2D eigenvalue weighted by Crippen LogP contribution is -2.43. The van der Waals surface area contributed by atoms with Crippen molar-refractivity contribution >= 4 is 23.1 Å². The van der Waals surface area contributed by atoms with Crippen LogP contribution in [0.25, 0.3) is 11.0 Å². The average molecular weight is 463 g/mol.